The van der Waals surface area contributed by atoms with Gasteiger partial charge in [-0.15, -0.1) is 12.4 Å². The third kappa shape index (κ3) is 8.41. The fourth-order valence-corrected chi connectivity index (χ4v) is 4.86. The van der Waals surface area contributed by atoms with E-state index in [-0.39, 0.29) is 37.3 Å². The summed E-state index contributed by atoms with van der Waals surface area (Å²) < 4.78 is 22.1. The van der Waals surface area contributed by atoms with Gasteiger partial charge in [-0.2, -0.15) is 0 Å². The molecule has 2 aromatic rings. The average molecular weight is 562 g/mol. The first kappa shape index (κ1) is 30.4. The van der Waals surface area contributed by atoms with Crippen LogP contribution in [0, 0.1) is 0 Å². The summed E-state index contributed by atoms with van der Waals surface area (Å²) in [6.45, 7) is 8.27. The molecule has 0 atom stereocenters. The molecule has 0 aliphatic carbocycles. The van der Waals surface area contributed by atoms with Crippen LogP contribution >= 0.6 is 12.4 Å². The molecule has 9 nitrogen and oxygen atoms in total. The number of anilines is 2. The average Bonchev–Trinajstić information content (AvgIpc) is 2.94. The van der Waals surface area contributed by atoms with E-state index in [0.29, 0.717) is 43.4 Å². The lowest BCUT2D eigenvalue weighted by Gasteiger charge is -2.36. The van der Waals surface area contributed by atoms with Gasteiger partial charge < -0.3 is 28.7 Å². The lowest BCUT2D eigenvalue weighted by atomic mass is 10.2. The minimum Gasteiger partial charge on any atom is -0.495 e. The van der Waals surface area contributed by atoms with Crippen molar-refractivity contribution in [2.75, 3.05) is 76.0 Å². The number of esters is 1. The van der Waals surface area contributed by atoms with E-state index < -0.39 is 0 Å². The van der Waals surface area contributed by atoms with Crippen molar-refractivity contribution in [1.29, 1.82) is 0 Å². The highest BCUT2D eigenvalue weighted by molar-refractivity contribution is 5.98. The summed E-state index contributed by atoms with van der Waals surface area (Å²) in [7, 11) is 1.72. The number of ether oxygens (including phenoxy) is 4. The molecule has 4 rings (SSSR count). The van der Waals surface area contributed by atoms with E-state index in [0.717, 1.165) is 57.0 Å². The monoisotopic (exact) mass is 561 g/mol. The Morgan fingerprint density at radius 1 is 0.974 bits per heavy atom. The number of hydrogen-bond acceptors (Lipinski definition) is 8. The number of nitrogens with zero attached hydrogens (tertiary/aromatic N) is 3. The minimum absolute atomic E-state index is 0. The van der Waals surface area contributed by atoms with Gasteiger partial charge in [0.25, 0.3) is 5.91 Å². The third-order valence-electron chi connectivity index (χ3n) is 6.88. The highest BCUT2D eigenvalue weighted by atomic mass is 35.5. The normalized spacial score (nSPS) is 15.2. The van der Waals surface area contributed by atoms with Crippen molar-refractivity contribution in [2.24, 2.45) is 0 Å². The molecule has 0 unspecified atom stereocenters. The number of halogens is 1. The van der Waals surface area contributed by atoms with Crippen molar-refractivity contribution < 1.29 is 28.5 Å². The van der Waals surface area contributed by atoms with E-state index >= 15 is 0 Å². The maximum Gasteiger partial charge on any atom is 0.305 e. The van der Waals surface area contributed by atoms with Crippen LogP contribution in [0.5, 0.6) is 17.2 Å². The molecule has 0 radical (unpaired) electrons. The van der Waals surface area contributed by atoms with Gasteiger partial charge in [0.05, 0.1) is 31.7 Å². The smallest absolute Gasteiger partial charge is 0.305 e. The topological polar surface area (TPSA) is 80.8 Å². The summed E-state index contributed by atoms with van der Waals surface area (Å²) in [5.74, 6) is 1.92. The summed E-state index contributed by atoms with van der Waals surface area (Å²) in [6.07, 6.45) is 2.81. The van der Waals surface area contributed by atoms with Crippen LogP contribution in [-0.2, 0) is 14.3 Å². The highest BCUT2D eigenvalue weighted by Crippen LogP contribution is 2.35. The molecule has 1 fully saturated rings. The fourth-order valence-electron chi connectivity index (χ4n) is 4.86. The second-order valence-electron chi connectivity index (χ2n) is 9.43. The number of methoxy groups -OCH3 is 1. The van der Waals surface area contributed by atoms with E-state index in [4.69, 9.17) is 18.9 Å². The lowest BCUT2D eigenvalue weighted by molar-refractivity contribution is -0.143. The fraction of sp³-hybridized carbons (Fsp3) is 0.517. The Balaban J connectivity index is 0.00000420. The summed E-state index contributed by atoms with van der Waals surface area (Å²) in [5, 5.41) is 0. The highest BCUT2D eigenvalue weighted by Gasteiger charge is 2.26. The van der Waals surface area contributed by atoms with E-state index in [1.807, 2.05) is 30.3 Å². The van der Waals surface area contributed by atoms with Crippen LogP contribution in [0.2, 0.25) is 0 Å². The van der Waals surface area contributed by atoms with Crippen LogP contribution in [0.1, 0.15) is 32.6 Å². The van der Waals surface area contributed by atoms with Crippen LogP contribution in [0.4, 0.5) is 11.4 Å². The number of carbonyl (C=O) groups is 2. The first-order valence-electron chi connectivity index (χ1n) is 13.5. The molecule has 1 amide bonds. The van der Waals surface area contributed by atoms with Gasteiger partial charge in [0.1, 0.15) is 17.2 Å². The number of fused-ring (bicyclic) bond motifs is 1. The number of amides is 1. The zero-order chi connectivity index (χ0) is 26.7. The van der Waals surface area contributed by atoms with Gasteiger partial charge in [0, 0.05) is 45.2 Å². The largest absolute Gasteiger partial charge is 0.495 e. The predicted octanol–water partition coefficient (Wildman–Crippen LogP) is 4.17. The number of carbonyl (C=O) groups excluding carboxylic acids is 2. The van der Waals surface area contributed by atoms with Gasteiger partial charge in [-0.1, -0.05) is 12.1 Å². The van der Waals surface area contributed by atoms with Crippen LogP contribution < -0.4 is 24.0 Å². The van der Waals surface area contributed by atoms with Crippen molar-refractivity contribution in [3.8, 4) is 17.2 Å². The number of unbranched alkanes of at least 4 members (excludes halogenated alkanes) is 1. The molecule has 1 saturated heterocycles. The summed E-state index contributed by atoms with van der Waals surface area (Å²) >= 11 is 0. The van der Waals surface area contributed by atoms with Crippen LogP contribution in [0.15, 0.2) is 42.5 Å². The van der Waals surface area contributed by atoms with Gasteiger partial charge in [-0.3, -0.25) is 14.5 Å². The Bertz CT molecular complexity index is 1080. The standard InChI is InChI=1S/C29H39N3O6.ClH/c1-3-36-29(34)11-8-15-32-25-21-23(12-13-27(25)38-22-28(32)33)37-20-7-6-14-30-16-18-31(19-17-30)24-9-4-5-10-26(24)35-2;/h4-5,9-10,12-13,21H,3,6-8,11,14-20,22H2,1-2H3;1H. The van der Waals surface area contributed by atoms with Crippen LogP contribution in [-0.4, -0.2) is 83.0 Å². The van der Waals surface area contributed by atoms with Crippen molar-refractivity contribution >= 4 is 35.7 Å². The Morgan fingerprint density at radius 2 is 1.77 bits per heavy atom. The third-order valence-corrected chi connectivity index (χ3v) is 6.88. The molecular weight excluding hydrogens is 522 g/mol. The summed E-state index contributed by atoms with van der Waals surface area (Å²) in [4.78, 5) is 30.7. The lowest BCUT2D eigenvalue weighted by Crippen LogP contribution is -2.46. The molecule has 39 heavy (non-hydrogen) atoms. The molecule has 0 N–H and O–H groups in total. The number of benzene rings is 2. The van der Waals surface area contributed by atoms with Crippen molar-refractivity contribution in [3.63, 3.8) is 0 Å². The first-order chi connectivity index (χ1) is 18.6. The first-order valence-corrected chi connectivity index (χ1v) is 13.5. The van der Waals surface area contributed by atoms with Crippen LogP contribution in [0.3, 0.4) is 0 Å². The van der Waals surface area contributed by atoms with E-state index in [1.165, 1.54) is 0 Å². The maximum atomic E-state index is 12.5. The molecule has 2 aliphatic heterocycles. The molecule has 0 bridgehead atoms. The van der Waals surface area contributed by atoms with E-state index in [9.17, 15) is 9.59 Å². The molecule has 0 spiro atoms. The Hall–Kier alpha value is -3.17. The van der Waals surface area contributed by atoms with Gasteiger partial charge in [0.2, 0.25) is 0 Å². The Labute approximate surface area is 237 Å². The van der Waals surface area contributed by atoms with Gasteiger partial charge >= 0.3 is 5.97 Å². The number of rotatable bonds is 13. The van der Waals surface area contributed by atoms with Crippen LogP contribution in [0.25, 0.3) is 0 Å². The molecule has 0 aromatic heterocycles. The van der Waals surface area contributed by atoms with E-state index in [2.05, 4.69) is 21.9 Å². The maximum absolute atomic E-state index is 12.5. The molecule has 2 aromatic carbocycles. The van der Waals surface area contributed by atoms with Gasteiger partial charge in [0.15, 0.2) is 6.61 Å². The molecule has 0 saturated carbocycles. The van der Waals surface area contributed by atoms with E-state index in [1.54, 1.807) is 18.9 Å². The Morgan fingerprint density at radius 3 is 2.54 bits per heavy atom. The molecule has 2 heterocycles. The zero-order valence-electron chi connectivity index (χ0n) is 22.9. The minimum atomic E-state index is -0.246. The number of piperazine rings is 1. The van der Waals surface area contributed by atoms with Gasteiger partial charge in [-0.25, -0.2) is 0 Å². The zero-order valence-corrected chi connectivity index (χ0v) is 23.7. The SMILES string of the molecule is CCOC(=O)CCCN1C(=O)COc2ccc(OCCCCN3CCN(c4ccccc4OC)CC3)cc21.Cl. The van der Waals surface area contributed by atoms with Gasteiger partial charge in [-0.05, 0) is 57.0 Å². The predicted molar refractivity (Wildman–Crippen MR) is 154 cm³/mol. The molecule has 2 aliphatic rings. The molecular formula is C29H40ClN3O6. The second kappa shape index (κ2) is 15.4. The summed E-state index contributed by atoms with van der Waals surface area (Å²) in [6, 6.07) is 13.8. The summed E-state index contributed by atoms with van der Waals surface area (Å²) in [5.41, 5.74) is 1.85. The number of para-hydroxylation sites is 2. The second-order valence-corrected chi connectivity index (χ2v) is 9.43. The molecule has 10 heteroatoms. The Kier molecular flexibility index (Phi) is 12.0. The number of hydrogen-bond donors (Lipinski definition) is 0. The van der Waals surface area contributed by atoms with Crippen molar-refractivity contribution in [1.82, 2.24) is 4.90 Å². The molecule has 214 valence electrons. The van der Waals surface area contributed by atoms with Crippen molar-refractivity contribution in [2.45, 2.75) is 32.6 Å². The quantitative estimate of drug-likeness (QED) is 0.266. The van der Waals surface area contributed by atoms with Crippen molar-refractivity contribution in [3.05, 3.63) is 42.5 Å².